The first-order valence-corrected chi connectivity index (χ1v) is 10.4. The molecule has 1 aliphatic heterocycles. The van der Waals surface area contributed by atoms with Crippen molar-refractivity contribution in [1.82, 2.24) is 9.47 Å². The van der Waals surface area contributed by atoms with Gasteiger partial charge in [-0.15, -0.1) is 11.3 Å². The molecule has 1 saturated heterocycles. The number of ether oxygens (including phenoxy) is 1. The number of para-hydroxylation sites is 1. The number of benzene rings is 1. The summed E-state index contributed by atoms with van der Waals surface area (Å²) in [4.78, 5) is 15.3. The van der Waals surface area contributed by atoms with E-state index in [4.69, 9.17) is 4.74 Å². The van der Waals surface area contributed by atoms with Crippen LogP contribution in [0.1, 0.15) is 15.2 Å². The minimum absolute atomic E-state index is 0.0131. The first-order valence-electron chi connectivity index (χ1n) is 9.52. The average Bonchev–Trinajstić information content (AvgIpc) is 3.36. The maximum atomic E-state index is 12.3. The van der Waals surface area contributed by atoms with Crippen molar-refractivity contribution < 1.29 is 14.6 Å². The summed E-state index contributed by atoms with van der Waals surface area (Å²) in [7, 11) is 0. The van der Waals surface area contributed by atoms with Crippen molar-refractivity contribution in [3.63, 3.8) is 0 Å². The number of aliphatic hydroxyl groups is 1. The molecule has 5 nitrogen and oxygen atoms in total. The first-order chi connectivity index (χ1) is 13.7. The summed E-state index contributed by atoms with van der Waals surface area (Å²) in [5.41, 5.74) is 2.05. The Morgan fingerprint density at radius 3 is 2.79 bits per heavy atom. The Morgan fingerprint density at radius 2 is 2.00 bits per heavy atom. The van der Waals surface area contributed by atoms with Crippen LogP contribution in [0.25, 0.3) is 17.0 Å². The summed E-state index contributed by atoms with van der Waals surface area (Å²) in [6.07, 6.45) is 5.06. The third kappa shape index (κ3) is 4.42. The van der Waals surface area contributed by atoms with Gasteiger partial charge in [0.2, 0.25) is 0 Å². The third-order valence-electron chi connectivity index (χ3n) is 4.98. The number of hydrogen-bond acceptors (Lipinski definition) is 5. The summed E-state index contributed by atoms with van der Waals surface area (Å²) >= 11 is 1.45. The normalized spacial score (nSPS) is 16.8. The molecule has 3 heterocycles. The molecule has 0 spiro atoms. The van der Waals surface area contributed by atoms with Crippen LogP contribution in [0.4, 0.5) is 0 Å². The summed E-state index contributed by atoms with van der Waals surface area (Å²) in [5, 5.41) is 13.6. The number of ketones is 1. The number of β-amino-alcohol motifs (C(OH)–C–C–N with tert-alkyl or cyclic N) is 1. The van der Waals surface area contributed by atoms with Crippen molar-refractivity contribution in [1.29, 1.82) is 0 Å². The Hall–Kier alpha value is -2.25. The number of nitrogens with zero attached hydrogens (tertiary/aromatic N) is 2. The van der Waals surface area contributed by atoms with Crippen LogP contribution in [0, 0.1) is 0 Å². The molecule has 0 amide bonds. The highest BCUT2D eigenvalue weighted by Crippen LogP contribution is 2.23. The maximum absolute atomic E-state index is 12.3. The Kier molecular flexibility index (Phi) is 6.02. The zero-order chi connectivity index (χ0) is 19.3. The Morgan fingerprint density at radius 1 is 1.18 bits per heavy atom. The van der Waals surface area contributed by atoms with Crippen LogP contribution in [0.15, 0.2) is 54.1 Å². The van der Waals surface area contributed by atoms with E-state index in [-0.39, 0.29) is 5.78 Å². The van der Waals surface area contributed by atoms with Crippen LogP contribution in [0.5, 0.6) is 0 Å². The SMILES string of the molecule is O=C(/C=C/c1cn(C[C@@H](O)CN2CCOCC2)c2ccccc12)c1cccs1. The number of hydrogen-bond donors (Lipinski definition) is 1. The number of aromatic nitrogens is 1. The van der Waals surface area contributed by atoms with Crippen molar-refractivity contribution >= 4 is 34.1 Å². The molecule has 1 N–H and O–H groups in total. The molecule has 4 rings (SSSR count). The molecule has 2 aromatic heterocycles. The standard InChI is InChI=1S/C22H24N2O3S/c25-18(15-23-9-11-27-12-10-23)16-24-14-17(19-4-1-2-5-20(19)24)7-8-21(26)22-6-3-13-28-22/h1-8,13-14,18,25H,9-12,15-16H2/b8-7+/t18-/m0/s1. The van der Waals surface area contributed by atoms with Gasteiger partial charge in [-0.1, -0.05) is 24.3 Å². The number of thiophene rings is 1. The predicted octanol–water partition coefficient (Wildman–Crippen LogP) is 3.29. The fourth-order valence-electron chi connectivity index (χ4n) is 3.59. The molecule has 0 unspecified atom stereocenters. The molecule has 146 valence electrons. The fraction of sp³-hybridized carbons (Fsp3) is 0.318. The van der Waals surface area contributed by atoms with E-state index in [0.717, 1.165) is 47.6 Å². The highest BCUT2D eigenvalue weighted by molar-refractivity contribution is 7.12. The van der Waals surface area contributed by atoms with E-state index >= 15 is 0 Å². The Bertz CT molecular complexity index is 955. The molecule has 0 radical (unpaired) electrons. The number of carbonyl (C=O) groups is 1. The van der Waals surface area contributed by atoms with Crippen LogP contribution in [-0.4, -0.2) is 59.3 Å². The van der Waals surface area contributed by atoms with Gasteiger partial charge in [-0.3, -0.25) is 9.69 Å². The summed E-state index contributed by atoms with van der Waals surface area (Å²) in [5.74, 6) is 0.0131. The molecule has 0 saturated carbocycles. The fourth-order valence-corrected chi connectivity index (χ4v) is 4.24. The van der Waals surface area contributed by atoms with Crippen LogP contribution >= 0.6 is 11.3 Å². The van der Waals surface area contributed by atoms with Gasteiger partial charge in [-0.25, -0.2) is 0 Å². The lowest BCUT2D eigenvalue weighted by molar-refractivity contribution is 0.0117. The van der Waals surface area contributed by atoms with Crippen molar-refractivity contribution in [3.05, 3.63) is 64.5 Å². The van der Waals surface area contributed by atoms with Crippen molar-refractivity contribution in [3.8, 4) is 0 Å². The largest absolute Gasteiger partial charge is 0.390 e. The lowest BCUT2D eigenvalue weighted by Crippen LogP contribution is -2.41. The van der Waals surface area contributed by atoms with Gasteiger partial charge in [0.1, 0.15) is 0 Å². The lowest BCUT2D eigenvalue weighted by atomic mass is 10.1. The Labute approximate surface area is 168 Å². The van der Waals surface area contributed by atoms with E-state index in [9.17, 15) is 9.90 Å². The van der Waals surface area contributed by atoms with Crippen LogP contribution < -0.4 is 0 Å². The highest BCUT2D eigenvalue weighted by Gasteiger charge is 2.16. The Balaban J connectivity index is 1.51. The highest BCUT2D eigenvalue weighted by atomic mass is 32.1. The lowest BCUT2D eigenvalue weighted by Gasteiger charge is -2.28. The van der Waals surface area contributed by atoms with Gasteiger partial charge in [-0.05, 0) is 29.7 Å². The maximum Gasteiger partial charge on any atom is 0.195 e. The second-order valence-electron chi connectivity index (χ2n) is 7.00. The van der Waals surface area contributed by atoms with E-state index in [2.05, 4.69) is 21.6 Å². The molecule has 1 aromatic carbocycles. The smallest absolute Gasteiger partial charge is 0.195 e. The van der Waals surface area contributed by atoms with E-state index in [1.807, 2.05) is 41.9 Å². The molecule has 0 aliphatic carbocycles. The zero-order valence-electron chi connectivity index (χ0n) is 15.7. The van der Waals surface area contributed by atoms with Gasteiger partial charge in [0.15, 0.2) is 5.78 Å². The number of carbonyl (C=O) groups excluding carboxylic acids is 1. The van der Waals surface area contributed by atoms with Gasteiger partial charge >= 0.3 is 0 Å². The first kappa shape index (κ1) is 19.1. The van der Waals surface area contributed by atoms with Gasteiger partial charge in [0.25, 0.3) is 0 Å². The molecule has 3 aromatic rings. The summed E-state index contributed by atoms with van der Waals surface area (Å²) in [6, 6.07) is 11.8. The van der Waals surface area contributed by atoms with Gasteiger partial charge in [0, 0.05) is 48.8 Å². The van der Waals surface area contributed by atoms with Crippen LogP contribution in [0.2, 0.25) is 0 Å². The van der Waals surface area contributed by atoms with Crippen molar-refractivity contribution in [2.24, 2.45) is 0 Å². The molecule has 1 atom stereocenters. The molecule has 28 heavy (non-hydrogen) atoms. The van der Waals surface area contributed by atoms with E-state index in [0.29, 0.717) is 13.1 Å². The third-order valence-corrected chi connectivity index (χ3v) is 5.86. The van der Waals surface area contributed by atoms with Gasteiger partial charge in [0.05, 0.1) is 24.2 Å². The number of rotatable bonds is 7. The minimum atomic E-state index is -0.460. The van der Waals surface area contributed by atoms with Crippen LogP contribution in [-0.2, 0) is 11.3 Å². The summed E-state index contributed by atoms with van der Waals surface area (Å²) < 4.78 is 7.45. The number of morpholine rings is 1. The van der Waals surface area contributed by atoms with Gasteiger partial charge < -0.3 is 14.4 Å². The molecular formula is C22H24N2O3S. The second-order valence-corrected chi connectivity index (χ2v) is 7.94. The van der Waals surface area contributed by atoms with Crippen molar-refractivity contribution in [2.75, 3.05) is 32.8 Å². The monoisotopic (exact) mass is 396 g/mol. The quantitative estimate of drug-likeness (QED) is 0.492. The number of fused-ring (bicyclic) bond motifs is 1. The average molecular weight is 397 g/mol. The number of allylic oxidation sites excluding steroid dienone is 1. The zero-order valence-corrected chi connectivity index (χ0v) is 16.5. The topological polar surface area (TPSA) is 54.7 Å². The number of aliphatic hydroxyl groups excluding tert-OH is 1. The molecule has 1 fully saturated rings. The predicted molar refractivity (Wildman–Crippen MR) is 113 cm³/mol. The molecular weight excluding hydrogens is 372 g/mol. The summed E-state index contributed by atoms with van der Waals surface area (Å²) in [6.45, 7) is 4.34. The van der Waals surface area contributed by atoms with E-state index < -0.39 is 6.10 Å². The van der Waals surface area contributed by atoms with Crippen LogP contribution in [0.3, 0.4) is 0 Å². The van der Waals surface area contributed by atoms with Gasteiger partial charge in [-0.2, -0.15) is 0 Å². The van der Waals surface area contributed by atoms with E-state index in [1.165, 1.54) is 11.3 Å². The van der Waals surface area contributed by atoms with Crippen molar-refractivity contribution in [2.45, 2.75) is 12.6 Å². The van der Waals surface area contributed by atoms with E-state index in [1.54, 1.807) is 6.08 Å². The second kappa shape index (κ2) is 8.84. The molecule has 6 heteroatoms. The molecule has 0 bridgehead atoms. The molecule has 1 aliphatic rings. The minimum Gasteiger partial charge on any atom is -0.390 e.